The number of carboxylic acid groups (broad SMARTS) is 1. The molecule has 0 aliphatic heterocycles. The maximum Gasteiger partial charge on any atom is 0.416 e. The Hall–Kier alpha value is -3.64. The van der Waals surface area contributed by atoms with Gasteiger partial charge in [-0.25, -0.2) is 4.79 Å². The third-order valence-corrected chi connectivity index (χ3v) is 4.96. The van der Waals surface area contributed by atoms with Gasteiger partial charge in [0.2, 0.25) is 0 Å². The second-order valence-electron chi connectivity index (χ2n) is 7.93. The van der Waals surface area contributed by atoms with Gasteiger partial charge in [-0.2, -0.15) is 13.2 Å². The normalized spacial score (nSPS) is 11.1. The van der Waals surface area contributed by atoms with Gasteiger partial charge in [-0.05, 0) is 43.2 Å². The molecule has 38 heavy (non-hydrogen) atoms. The number of anilines is 2. The second kappa shape index (κ2) is 16.3. The molecule has 0 fully saturated rings. The number of halogens is 3. The number of ether oxygens (including phenoxy) is 4. The molecular weight excluding hydrogens is 511 g/mol. The summed E-state index contributed by atoms with van der Waals surface area (Å²) in [5.41, 5.74) is -0.180. The average molecular weight is 542 g/mol. The van der Waals surface area contributed by atoms with Gasteiger partial charge < -0.3 is 29.4 Å². The molecule has 0 atom stereocenters. The zero-order chi connectivity index (χ0) is 27.8. The van der Waals surface area contributed by atoms with Crippen LogP contribution in [0.3, 0.4) is 0 Å². The Labute approximate surface area is 217 Å². The summed E-state index contributed by atoms with van der Waals surface area (Å²) in [6.45, 7) is 0.750. The first-order valence-corrected chi connectivity index (χ1v) is 11.9. The summed E-state index contributed by atoms with van der Waals surface area (Å²) in [7, 11) is 0. The van der Waals surface area contributed by atoms with Crippen LogP contribution in [-0.4, -0.2) is 62.7 Å². The molecule has 0 heterocycles. The molecule has 0 bridgehead atoms. The van der Waals surface area contributed by atoms with Crippen LogP contribution in [0.25, 0.3) is 0 Å². The number of carboxylic acids is 1. The molecule has 0 unspecified atom stereocenters. The predicted molar refractivity (Wildman–Crippen MR) is 130 cm³/mol. The van der Waals surface area contributed by atoms with E-state index in [0.717, 1.165) is 12.1 Å². The van der Waals surface area contributed by atoms with Crippen LogP contribution in [0.1, 0.15) is 41.6 Å². The maximum atomic E-state index is 13.0. The van der Waals surface area contributed by atoms with Crippen molar-refractivity contribution in [2.45, 2.75) is 31.9 Å². The largest absolute Gasteiger partial charge is 0.481 e. The summed E-state index contributed by atoms with van der Waals surface area (Å²) in [6, 6.07) is 10.9. The van der Waals surface area contributed by atoms with Crippen molar-refractivity contribution >= 4 is 29.3 Å². The van der Waals surface area contributed by atoms with Crippen LogP contribution in [0.4, 0.5) is 24.5 Å². The fraction of sp³-hybridized carbons (Fsp3) is 0.423. The standard InChI is InChI=1S/C26H30F3NO8/c27-26(28,29)19-6-5-7-20(18-19)30-22-9-2-1-8-21(22)25(34)38-17-15-36-13-12-35-14-16-37-24(33)11-4-3-10-23(31)32/h1-2,5-9,18,30H,3-4,10-17H2,(H,31,32). The number of nitrogens with one attached hydrogen (secondary N) is 1. The molecule has 0 saturated carbocycles. The van der Waals surface area contributed by atoms with Gasteiger partial charge in [0.1, 0.15) is 13.2 Å². The number of aliphatic carboxylic acids is 1. The Morgan fingerprint density at radius 1 is 0.789 bits per heavy atom. The summed E-state index contributed by atoms with van der Waals surface area (Å²) in [6.07, 6.45) is -3.46. The van der Waals surface area contributed by atoms with E-state index in [2.05, 4.69) is 5.32 Å². The Kier molecular flexibility index (Phi) is 13.1. The van der Waals surface area contributed by atoms with Crippen molar-refractivity contribution in [1.29, 1.82) is 0 Å². The van der Waals surface area contributed by atoms with E-state index in [1.54, 1.807) is 18.2 Å². The molecule has 2 N–H and O–H groups in total. The number of para-hydroxylation sites is 1. The van der Waals surface area contributed by atoms with E-state index in [1.165, 1.54) is 18.2 Å². The predicted octanol–water partition coefficient (Wildman–Crippen LogP) is 4.83. The van der Waals surface area contributed by atoms with Gasteiger partial charge in [0.05, 0.1) is 43.2 Å². The maximum absolute atomic E-state index is 13.0. The minimum Gasteiger partial charge on any atom is -0.481 e. The summed E-state index contributed by atoms with van der Waals surface area (Å²) in [5, 5.41) is 11.4. The zero-order valence-electron chi connectivity index (χ0n) is 20.6. The lowest BCUT2D eigenvalue weighted by Crippen LogP contribution is -2.15. The molecule has 0 aromatic heterocycles. The SMILES string of the molecule is O=C(O)CCCCC(=O)OCCOCCOCCOC(=O)c1ccccc1Nc1cccc(C(F)(F)F)c1. The Morgan fingerprint density at radius 2 is 1.42 bits per heavy atom. The summed E-state index contributed by atoms with van der Waals surface area (Å²) < 4.78 is 59.6. The highest BCUT2D eigenvalue weighted by atomic mass is 19.4. The number of carbonyl (C=O) groups excluding carboxylic acids is 2. The highest BCUT2D eigenvalue weighted by Crippen LogP contribution is 2.32. The van der Waals surface area contributed by atoms with Gasteiger partial charge in [0.25, 0.3) is 0 Å². The number of esters is 2. The van der Waals surface area contributed by atoms with E-state index >= 15 is 0 Å². The molecule has 0 aliphatic carbocycles. The van der Waals surface area contributed by atoms with Crippen LogP contribution < -0.4 is 5.32 Å². The molecule has 2 aromatic carbocycles. The second-order valence-corrected chi connectivity index (χ2v) is 7.93. The van der Waals surface area contributed by atoms with Crippen molar-refractivity contribution < 1.29 is 51.6 Å². The van der Waals surface area contributed by atoms with Crippen LogP contribution in [0.2, 0.25) is 0 Å². The van der Waals surface area contributed by atoms with Gasteiger partial charge >= 0.3 is 24.1 Å². The number of benzene rings is 2. The molecule has 12 heteroatoms. The lowest BCUT2D eigenvalue weighted by atomic mass is 10.1. The fourth-order valence-electron chi connectivity index (χ4n) is 3.12. The highest BCUT2D eigenvalue weighted by molar-refractivity contribution is 5.96. The summed E-state index contributed by atoms with van der Waals surface area (Å²) in [5.74, 6) is -1.98. The molecule has 0 amide bonds. The smallest absolute Gasteiger partial charge is 0.416 e. The lowest BCUT2D eigenvalue weighted by Gasteiger charge is -2.13. The number of alkyl halides is 3. The number of unbranched alkanes of at least 4 members (excludes halogenated alkanes) is 1. The molecule has 0 radical (unpaired) electrons. The van der Waals surface area contributed by atoms with Gasteiger partial charge in [-0.15, -0.1) is 0 Å². The van der Waals surface area contributed by atoms with Gasteiger partial charge in [-0.3, -0.25) is 9.59 Å². The van der Waals surface area contributed by atoms with Crippen molar-refractivity contribution in [1.82, 2.24) is 0 Å². The zero-order valence-corrected chi connectivity index (χ0v) is 20.6. The minimum absolute atomic E-state index is 0.0173. The summed E-state index contributed by atoms with van der Waals surface area (Å²) in [4.78, 5) is 34.3. The third-order valence-electron chi connectivity index (χ3n) is 4.96. The molecule has 2 rings (SSSR count). The van der Waals surface area contributed by atoms with Gasteiger partial charge in [-0.1, -0.05) is 18.2 Å². The van der Waals surface area contributed by atoms with Crippen molar-refractivity contribution in [3.8, 4) is 0 Å². The summed E-state index contributed by atoms with van der Waals surface area (Å²) >= 11 is 0. The lowest BCUT2D eigenvalue weighted by molar-refractivity contribution is -0.146. The minimum atomic E-state index is -4.49. The van der Waals surface area contributed by atoms with Crippen molar-refractivity contribution in [3.63, 3.8) is 0 Å². The van der Waals surface area contributed by atoms with E-state index in [4.69, 9.17) is 24.1 Å². The molecule has 9 nitrogen and oxygen atoms in total. The molecular formula is C26H30F3NO8. The topological polar surface area (TPSA) is 120 Å². The monoisotopic (exact) mass is 541 g/mol. The third kappa shape index (κ3) is 12.1. The van der Waals surface area contributed by atoms with Crippen LogP contribution in [0, 0.1) is 0 Å². The van der Waals surface area contributed by atoms with Crippen LogP contribution in [0.15, 0.2) is 48.5 Å². The molecule has 0 spiro atoms. The fourth-order valence-corrected chi connectivity index (χ4v) is 3.12. The van der Waals surface area contributed by atoms with E-state index in [0.29, 0.717) is 18.5 Å². The van der Waals surface area contributed by atoms with Gasteiger partial charge in [0, 0.05) is 18.5 Å². The Bertz CT molecular complexity index is 1050. The van der Waals surface area contributed by atoms with Crippen molar-refractivity contribution in [2.75, 3.05) is 45.0 Å². The first-order valence-electron chi connectivity index (χ1n) is 11.9. The van der Waals surface area contributed by atoms with E-state index < -0.39 is 29.6 Å². The average Bonchev–Trinajstić information content (AvgIpc) is 2.87. The van der Waals surface area contributed by atoms with E-state index in [-0.39, 0.29) is 63.7 Å². The molecule has 0 saturated heterocycles. The molecule has 208 valence electrons. The first kappa shape index (κ1) is 30.6. The molecule has 0 aliphatic rings. The number of hydrogen-bond donors (Lipinski definition) is 2. The van der Waals surface area contributed by atoms with Crippen LogP contribution in [0.5, 0.6) is 0 Å². The molecule has 2 aromatic rings. The quantitative estimate of drug-likeness (QED) is 0.214. The Balaban J connectivity index is 1.60. The first-order chi connectivity index (χ1) is 18.2. The van der Waals surface area contributed by atoms with Gasteiger partial charge in [0.15, 0.2) is 0 Å². The Morgan fingerprint density at radius 3 is 2.11 bits per heavy atom. The number of hydrogen-bond acceptors (Lipinski definition) is 8. The van der Waals surface area contributed by atoms with Crippen LogP contribution in [-0.2, 0) is 34.7 Å². The van der Waals surface area contributed by atoms with E-state index in [9.17, 15) is 27.6 Å². The highest BCUT2D eigenvalue weighted by Gasteiger charge is 2.30. The number of rotatable bonds is 17. The van der Waals surface area contributed by atoms with E-state index in [1.807, 2.05) is 0 Å². The van der Waals surface area contributed by atoms with Crippen molar-refractivity contribution in [3.05, 3.63) is 59.7 Å². The van der Waals surface area contributed by atoms with Crippen LogP contribution >= 0.6 is 0 Å². The van der Waals surface area contributed by atoms with Crippen molar-refractivity contribution in [2.24, 2.45) is 0 Å². The number of carbonyl (C=O) groups is 3.